The van der Waals surface area contributed by atoms with Gasteiger partial charge in [0.25, 0.3) is 0 Å². The lowest BCUT2D eigenvalue weighted by molar-refractivity contribution is 0.0600. The van der Waals surface area contributed by atoms with Gasteiger partial charge in [0.15, 0.2) is 0 Å². The van der Waals surface area contributed by atoms with Crippen LogP contribution in [0.15, 0.2) is 48.5 Å². The number of methoxy groups -OCH3 is 1. The van der Waals surface area contributed by atoms with Gasteiger partial charge >= 0.3 is 5.97 Å². The molecule has 3 rings (SSSR count). The summed E-state index contributed by atoms with van der Waals surface area (Å²) in [5.74, 6) is 0.920. The topological polar surface area (TPSA) is 62.6 Å². The van der Waals surface area contributed by atoms with Crippen molar-refractivity contribution >= 4 is 17.6 Å². The first-order valence-electron chi connectivity index (χ1n) is 9.30. The summed E-state index contributed by atoms with van der Waals surface area (Å²) >= 11 is 6.22. The maximum absolute atomic E-state index is 11.6. The molecule has 0 amide bonds. The minimum Gasteiger partial charge on any atom is -0.490 e. The number of ether oxygens (including phenoxy) is 3. The van der Waals surface area contributed by atoms with Gasteiger partial charge in [-0.05, 0) is 43.7 Å². The fraction of sp³-hybridized carbons (Fsp3) is 0.273. The number of benzene rings is 2. The summed E-state index contributed by atoms with van der Waals surface area (Å²) in [5.41, 5.74) is 3.19. The molecule has 1 aromatic heterocycles. The average Bonchev–Trinajstić information content (AvgIpc) is 3.12. The Morgan fingerprint density at radius 3 is 2.52 bits per heavy atom. The van der Waals surface area contributed by atoms with Gasteiger partial charge in [0.05, 0.1) is 36.5 Å². The number of esters is 1. The lowest BCUT2D eigenvalue weighted by atomic mass is 10.1. The minimum absolute atomic E-state index is 0.371. The van der Waals surface area contributed by atoms with Crippen LogP contribution in [0.5, 0.6) is 11.6 Å². The molecule has 3 aromatic rings. The average molecular weight is 415 g/mol. The second-order valence-corrected chi connectivity index (χ2v) is 6.78. The number of halogens is 1. The fourth-order valence-corrected chi connectivity index (χ4v) is 3.11. The minimum atomic E-state index is -0.371. The Kier molecular flexibility index (Phi) is 6.77. The highest BCUT2D eigenvalue weighted by atomic mass is 35.5. The second kappa shape index (κ2) is 9.47. The van der Waals surface area contributed by atoms with Crippen LogP contribution in [0.1, 0.15) is 22.8 Å². The number of aryl methyl sites for hydroxylation is 1. The molecule has 7 heteroatoms. The van der Waals surface area contributed by atoms with E-state index in [9.17, 15) is 4.79 Å². The summed E-state index contributed by atoms with van der Waals surface area (Å²) in [4.78, 5) is 11.6. The summed E-state index contributed by atoms with van der Waals surface area (Å²) in [5, 5.41) is 5.21. The molecule has 0 aliphatic heterocycles. The molecule has 0 spiro atoms. The van der Waals surface area contributed by atoms with E-state index in [-0.39, 0.29) is 5.97 Å². The van der Waals surface area contributed by atoms with Crippen LogP contribution in [0.2, 0.25) is 5.02 Å². The van der Waals surface area contributed by atoms with Gasteiger partial charge < -0.3 is 14.2 Å². The summed E-state index contributed by atoms with van der Waals surface area (Å²) < 4.78 is 18.0. The fourth-order valence-electron chi connectivity index (χ4n) is 2.82. The van der Waals surface area contributed by atoms with Crippen LogP contribution in [-0.2, 0) is 11.3 Å². The van der Waals surface area contributed by atoms with Crippen molar-refractivity contribution in [1.82, 2.24) is 9.78 Å². The van der Waals surface area contributed by atoms with Crippen molar-refractivity contribution in [3.63, 3.8) is 0 Å². The molecule has 0 aliphatic rings. The summed E-state index contributed by atoms with van der Waals surface area (Å²) in [6.45, 7) is 5.32. The second-order valence-electron chi connectivity index (χ2n) is 6.38. The maximum Gasteiger partial charge on any atom is 0.337 e. The van der Waals surface area contributed by atoms with Crippen molar-refractivity contribution in [2.75, 3.05) is 20.3 Å². The third-order valence-electron chi connectivity index (χ3n) is 4.29. The standard InChI is InChI=1S/C22H23ClN2O4/c1-4-28-21-14-19(16-6-8-17(9-7-16)22(26)27-3)24-25(21)11-12-29-20-10-5-15(2)13-18(20)23/h5-10,13-14H,4,11-12H2,1-3H3. The molecule has 1 heterocycles. The van der Waals surface area contributed by atoms with Crippen LogP contribution < -0.4 is 9.47 Å². The normalized spacial score (nSPS) is 10.6. The van der Waals surface area contributed by atoms with Crippen LogP contribution in [0.4, 0.5) is 0 Å². The monoisotopic (exact) mass is 414 g/mol. The number of hydrogen-bond donors (Lipinski definition) is 0. The third kappa shape index (κ3) is 5.09. The number of carbonyl (C=O) groups is 1. The van der Waals surface area contributed by atoms with Crippen molar-refractivity contribution in [2.45, 2.75) is 20.4 Å². The third-order valence-corrected chi connectivity index (χ3v) is 4.58. The van der Waals surface area contributed by atoms with Crippen molar-refractivity contribution in [3.05, 3.63) is 64.7 Å². The Balaban J connectivity index is 1.73. The first kappa shape index (κ1) is 20.7. The largest absolute Gasteiger partial charge is 0.490 e. The molecule has 0 fully saturated rings. The van der Waals surface area contributed by atoms with Gasteiger partial charge in [0, 0.05) is 11.6 Å². The van der Waals surface area contributed by atoms with E-state index in [4.69, 9.17) is 25.8 Å². The molecule has 0 aliphatic carbocycles. The molecule has 0 atom stereocenters. The summed E-state index contributed by atoms with van der Waals surface area (Å²) in [6.07, 6.45) is 0. The van der Waals surface area contributed by atoms with Gasteiger partial charge in [-0.25, -0.2) is 9.48 Å². The molecule has 0 saturated heterocycles. The zero-order valence-electron chi connectivity index (χ0n) is 16.6. The maximum atomic E-state index is 11.6. The van der Waals surface area contributed by atoms with Gasteiger partial charge in [-0.1, -0.05) is 29.8 Å². The Hall–Kier alpha value is -2.99. The van der Waals surface area contributed by atoms with E-state index in [0.29, 0.717) is 42.0 Å². The van der Waals surface area contributed by atoms with Gasteiger partial charge in [0.2, 0.25) is 5.88 Å². The van der Waals surface area contributed by atoms with Crippen LogP contribution in [0.3, 0.4) is 0 Å². The molecular weight excluding hydrogens is 392 g/mol. The van der Waals surface area contributed by atoms with Crippen molar-refractivity contribution in [3.8, 4) is 22.9 Å². The van der Waals surface area contributed by atoms with E-state index in [1.54, 1.807) is 16.8 Å². The molecular formula is C22H23ClN2O4. The smallest absolute Gasteiger partial charge is 0.337 e. The van der Waals surface area contributed by atoms with E-state index in [1.807, 2.05) is 50.2 Å². The van der Waals surface area contributed by atoms with Crippen molar-refractivity contribution in [2.24, 2.45) is 0 Å². The summed E-state index contributed by atoms with van der Waals surface area (Å²) in [6, 6.07) is 14.6. The Bertz CT molecular complexity index is 983. The van der Waals surface area contributed by atoms with Gasteiger partial charge in [-0.3, -0.25) is 0 Å². The molecule has 6 nitrogen and oxygen atoms in total. The van der Waals surface area contributed by atoms with E-state index in [0.717, 1.165) is 16.8 Å². The number of aromatic nitrogens is 2. The Morgan fingerprint density at radius 2 is 1.86 bits per heavy atom. The zero-order chi connectivity index (χ0) is 20.8. The molecule has 0 unspecified atom stereocenters. The van der Waals surface area contributed by atoms with E-state index in [2.05, 4.69) is 5.10 Å². The first-order valence-corrected chi connectivity index (χ1v) is 9.68. The number of carbonyl (C=O) groups excluding carboxylic acids is 1. The highest BCUT2D eigenvalue weighted by Gasteiger charge is 2.12. The van der Waals surface area contributed by atoms with E-state index >= 15 is 0 Å². The first-order chi connectivity index (χ1) is 14.0. The summed E-state index contributed by atoms with van der Waals surface area (Å²) in [7, 11) is 1.36. The van der Waals surface area contributed by atoms with Crippen LogP contribution in [0, 0.1) is 6.92 Å². The molecule has 29 heavy (non-hydrogen) atoms. The highest BCUT2D eigenvalue weighted by Crippen LogP contribution is 2.26. The number of hydrogen-bond acceptors (Lipinski definition) is 5. The van der Waals surface area contributed by atoms with Gasteiger partial charge in [-0.15, -0.1) is 0 Å². The van der Waals surface area contributed by atoms with Crippen LogP contribution in [-0.4, -0.2) is 36.1 Å². The zero-order valence-corrected chi connectivity index (χ0v) is 17.4. The quantitative estimate of drug-likeness (QED) is 0.496. The highest BCUT2D eigenvalue weighted by molar-refractivity contribution is 6.32. The molecule has 0 N–H and O–H groups in total. The Morgan fingerprint density at radius 1 is 1.10 bits per heavy atom. The lowest BCUT2D eigenvalue weighted by Gasteiger charge is -2.10. The molecule has 0 bridgehead atoms. The SMILES string of the molecule is CCOc1cc(-c2ccc(C(=O)OC)cc2)nn1CCOc1ccc(C)cc1Cl. The van der Waals surface area contributed by atoms with Crippen molar-refractivity contribution < 1.29 is 19.0 Å². The van der Waals surface area contributed by atoms with E-state index < -0.39 is 0 Å². The predicted octanol–water partition coefficient (Wildman–Crippen LogP) is 4.78. The predicted molar refractivity (Wildman–Crippen MR) is 112 cm³/mol. The lowest BCUT2D eigenvalue weighted by Crippen LogP contribution is -2.11. The number of rotatable bonds is 8. The Labute approximate surface area is 175 Å². The molecule has 0 radical (unpaired) electrons. The van der Waals surface area contributed by atoms with Gasteiger partial charge in [-0.2, -0.15) is 5.10 Å². The van der Waals surface area contributed by atoms with Gasteiger partial charge in [0.1, 0.15) is 12.4 Å². The van der Waals surface area contributed by atoms with Crippen molar-refractivity contribution in [1.29, 1.82) is 0 Å². The van der Waals surface area contributed by atoms with Crippen LogP contribution in [0.25, 0.3) is 11.3 Å². The molecule has 152 valence electrons. The van der Waals surface area contributed by atoms with E-state index in [1.165, 1.54) is 7.11 Å². The van der Waals surface area contributed by atoms with Crippen LogP contribution >= 0.6 is 11.6 Å². The molecule has 2 aromatic carbocycles. The number of nitrogens with zero attached hydrogens (tertiary/aromatic N) is 2. The molecule has 0 saturated carbocycles.